The molecule has 10 nitrogen and oxygen atoms in total. The molecule has 11 heteroatoms. The molecule has 1 aliphatic carbocycles. The Balaban J connectivity index is 1.60. The Hall–Kier alpha value is -3.44. The fourth-order valence-corrected chi connectivity index (χ4v) is 4.34. The summed E-state index contributed by atoms with van der Waals surface area (Å²) in [6.45, 7) is -0.0194. The van der Waals surface area contributed by atoms with Crippen molar-refractivity contribution in [1.82, 2.24) is 15.4 Å². The molecule has 1 atom stereocenters. The van der Waals surface area contributed by atoms with E-state index in [9.17, 15) is 22.8 Å². The van der Waals surface area contributed by atoms with Gasteiger partial charge in [-0.2, -0.15) is 0 Å². The third-order valence-corrected chi connectivity index (χ3v) is 6.12. The minimum atomic E-state index is -3.41. The highest BCUT2D eigenvalue weighted by molar-refractivity contribution is 7.88. The van der Waals surface area contributed by atoms with Crippen molar-refractivity contribution >= 4 is 28.0 Å². The maximum absolute atomic E-state index is 12.5. The van der Waals surface area contributed by atoms with Crippen LogP contribution in [-0.4, -0.2) is 63.5 Å². The lowest BCUT2D eigenvalue weighted by atomic mass is 9.98. The Labute approximate surface area is 197 Å². The van der Waals surface area contributed by atoms with Crippen LogP contribution in [0.4, 0.5) is 4.79 Å². The molecule has 1 unspecified atom stereocenters. The molecule has 182 valence electrons. The van der Waals surface area contributed by atoms with Crippen molar-refractivity contribution in [2.75, 3.05) is 26.0 Å². The number of carboxylic acid groups (broad SMARTS) is 1. The minimum absolute atomic E-state index is 0.0259. The molecule has 2 aromatic rings. The summed E-state index contributed by atoms with van der Waals surface area (Å²) in [5.41, 5.74) is 4.23. The maximum atomic E-state index is 12.5. The molecule has 2 amide bonds. The zero-order valence-electron chi connectivity index (χ0n) is 18.6. The van der Waals surface area contributed by atoms with E-state index >= 15 is 0 Å². The van der Waals surface area contributed by atoms with Crippen LogP contribution >= 0.6 is 0 Å². The number of carbonyl (C=O) groups is 3. The van der Waals surface area contributed by atoms with E-state index in [-0.39, 0.29) is 38.5 Å². The van der Waals surface area contributed by atoms with Crippen molar-refractivity contribution in [2.45, 2.75) is 24.8 Å². The molecule has 1 aliphatic rings. The molecule has 0 fully saturated rings. The Morgan fingerprint density at radius 3 is 2.15 bits per heavy atom. The van der Waals surface area contributed by atoms with E-state index in [1.807, 2.05) is 48.5 Å². The van der Waals surface area contributed by atoms with Crippen molar-refractivity contribution in [3.05, 3.63) is 59.7 Å². The van der Waals surface area contributed by atoms with Gasteiger partial charge in [-0.05, 0) is 28.7 Å². The van der Waals surface area contributed by atoms with Gasteiger partial charge < -0.3 is 20.5 Å². The van der Waals surface area contributed by atoms with Crippen molar-refractivity contribution in [2.24, 2.45) is 0 Å². The lowest BCUT2D eigenvalue weighted by Crippen LogP contribution is -2.48. The third kappa shape index (κ3) is 6.78. The maximum Gasteiger partial charge on any atom is 0.407 e. The molecular weight excluding hydrogens is 462 g/mol. The number of hydrogen-bond acceptors (Lipinski definition) is 6. The van der Waals surface area contributed by atoms with Gasteiger partial charge in [0.25, 0.3) is 0 Å². The molecule has 4 N–H and O–H groups in total. The summed E-state index contributed by atoms with van der Waals surface area (Å²) in [4.78, 5) is 35.9. The molecule has 0 spiro atoms. The first kappa shape index (κ1) is 25.2. The van der Waals surface area contributed by atoms with E-state index in [0.29, 0.717) is 0 Å². The fourth-order valence-electron chi connectivity index (χ4n) is 3.86. The van der Waals surface area contributed by atoms with Crippen LogP contribution < -0.4 is 15.4 Å². The van der Waals surface area contributed by atoms with Crippen molar-refractivity contribution in [3.8, 4) is 11.1 Å². The van der Waals surface area contributed by atoms with Crippen molar-refractivity contribution < 1.29 is 32.6 Å². The zero-order valence-corrected chi connectivity index (χ0v) is 19.4. The molecule has 34 heavy (non-hydrogen) atoms. The summed E-state index contributed by atoms with van der Waals surface area (Å²) in [5.74, 6) is -1.91. The topological polar surface area (TPSA) is 151 Å². The van der Waals surface area contributed by atoms with Gasteiger partial charge in [0.1, 0.15) is 12.6 Å². The molecule has 0 saturated carbocycles. The van der Waals surface area contributed by atoms with Crippen molar-refractivity contribution in [3.63, 3.8) is 0 Å². The molecule has 0 saturated heterocycles. The van der Waals surface area contributed by atoms with E-state index in [1.165, 1.54) is 0 Å². The second-order valence-electron chi connectivity index (χ2n) is 7.91. The van der Waals surface area contributed by atoms with E-state index in [2.05, 4.69) is 15.4 Å². The van der Waals surface area contributed by atoms with Gasteiger partial charge in [-0.3, -0.25) is 9.59 Å². The van der Waals surface area contributed by atoms with E-state index < -0.39 is 34.0 Å². The zero-order chi connectivity index (χ0) is 24.7. The van der Waals surface area contributed by atoms with Crippen LogP contribution in [0.25, 0.3) is 11.1 Å². The smallest absolute Gasteiger partial charge is 0.407 e. The number of aliphatic carboxylic acids is 1. The normalized spacial score (nSPS) is 13.4. The molecule has 2 aromatic carbocycles. The van der Waals surface area contributed by atoms with Gasteiger partial charge in [0, 0.05) is 25.4 Å². The number of sulfonamides is 1. The largest absolute Gasteiger partial charge is 0.481 e. The standard InChI is InChI=1S/C23H27N3O7S/c1-34(31,32)25-13-12-24-22(29)20(10-11-21(27)28)26-23(30)33-14-19-17-8-4-2-6-15(17)16-7-3-5-9-18(16)19/h2-9,19-20,25H,10-14H2,1H3,(H,24,29)(H,26,30)(H,27,28). The number of carbonyl (C=O) groups excluding carboxylic acids is 2. The number of amides is 2. The monoisotopic (exact) mass is 489 g/mol. The van der Waals surface area contributed by atoms with Gasteiger partial charge in [0.05, 0.1) is 6.26 Å². The molecule has 3 rings (SSSR count). The lowest BCUT2D eigenvalue weighted by molar-refractivity contribution is -0.137. The number of hydrogen-bond donors (Lipinski definition) is 4. The first-order valence-electron chi connectivity index (χ1n) is 10.7. The first-order valence-corrected chi connectivity index (χ1v) is 12.6. The first-order chi connectivity index (χ1) is 16.2. The summed E-state index contributed by atoms with van der Waals surface area (Å²) < 4.78 is 29.9. The van der Waals surface area contributed by atoms with Gasteiger partial charge >= 0.3 is 12.1 Å². The van der Waals surface area contributed by atoms with Crippen LogP contribution in [0.5, 0.6) is 0 Å². The Bertz CT molecular complexity index is 1120. The van der Waals surface area contributed by atoms with Crippen LogP contribution in [0.2, 0.25) is 0 Å². The fraction of sp³-hybridized carbons (Fsp3) is 0.348. The SMILES string of the molecule is CS(=O)(=O)NCCNC(=O)C(CCC(=O)O)NC(=O)OCC1c2ccccc2-c2ccccc21. The van der Waals surface area contributed by atoms with Crippen LogP contribution in [0.15, 0.2) is 48.5 Å². The number of alkyl carbamates (subject to hydrolysis) is 1. The van der Waals surface area contributed by atoms with Gasteiger partial charge in [-0.1, -0.05) is 48.5 Å². The van der Waals surface area contributed by atoms with E-state index in [1.54, 1.807) is 0 Å². The van der Waals surface area contributed by atoms with Gasteiger partial charge in [0.15, 0.2) is 0 Å². The van der Waals surface area contributed by atoms with Crippen LogP contribution in [-0.2, 0) is 24.3 Å². The summed E-state index contributed by atoms with van der Waals surface area (Å²) in [6.07, 6.45) is -0.348. The average Bonchev–Trinajstić information content (AvgIpc) is 3.11. The molecule has 0 aromatic heterocycles. The highest BCUT2D eigenvalue weighted by Gasteiger charge is 2.30. The highest BCUT2D eigenvalue weighted by atomic mass is 32.2. The third-order valence-electron chi connectivity index (χ3n) is 5.39. The average molecular weight is 490 g/mol. The van der Waals surface area contributed by atoms with E-state index in [4.69, 9.17) is 9.84 Å². The number of benzene rings is 2. The molecule has 0 bridgehead atoms. The molecule has 0 aliphatic heterocycles. The van der Waals surface area contributed by atoms with Crippen LogP contribution in [0.1, 0.15) is 29.9 Å². The number of carboxylic acids is 1. The van der Waals surface area contributed by atoms with E-state index in [0.717, 1.165) is 28.5 Å². The summed E-state index contributed by atoms with van der Waals surface area (Å²) in [7, 11) is -3.41. The number of ether oxygens (including phenoxy) is 1. The van der Waals surface area contributed by atoms with Crippen molar-refractivity contribution in [1.29, 1.82) is 0 Å². The Kier molecular flexibility index (Phi) is 8.24. The Morgan fingerprint density at radius 1 is 1.00 bits per heavy atom. The molecule has 0 heterocycles. The number of rotatable bonds is 11. The van der Waals surface area contributed by atoms with Crippen LogP contribution in [0, 0.1) is 0 Å². The number of nitrogens with one attached hydrogen (secondary N) is 3. The lowest BCUT2D eigenvalue weighted by Gasteiger charge is -2.19. The van der Waals surface area contributed by atoms with Gasteiger partial charge in [0.2, 0.25) is 15.9 Å². The number of fused-ring (bicyclic) bond motifs is 3. The molecular formula is C23H27N3O7S. The summed E-state index contributed by atoms with van der Waals surface area (Å²) in [6, 6.07) is 14.6. The highest BCUT2D eigenvalue weighted by Crippen LogP contribution is 2.44. The Morgan fingerprint density at radius 2 is 1.59 bits per heavy atom. The summed E-state index contributed by atoms with van der Waals surface area (Å²) >= 11 is 0. The minimum Gasteiger partial charge on any atom is -0.481 e. The quantitative estimate of drug-likeness (QED) is 0.349. The summed E-state index contributed by atoms with van der Waals surface area (Å²) in [5, 5.41) is 13.9. The second-order valence-corrected chi connectivity index (χ2v) is 9.75. The second kappa shape index (κ2) is 11.1. The predicted octanol–water partition coefficient (Wildman–Crippen LogP) is 1.42. The van der Waals surface area contributed by atoms with Gasteiger partial charge in [-0.15, -0.1) is 0 Å². The molecule has 0 radical (unpaired) electrons. The van der Waals surface area contributed by atoms with Crippen LogP contribution in [0.3, 0.4) is 0 Å². The predicted molar refractivity (Wildman–Crippen MR) is 125 cm³/mol. The van der Waals surface area contributed by atoms with Gasteiger partial charge in [-0.25, -0.2) is 17.9 Å².